The molecule has 0 unspecified atom stereocenters. The van der Waals surface area contributed by atoms with Gasteiger partial charge in [-0.3, -0.25) is 10.1 Å². The average molecular weight is 384 g/mol. The molecule has 1 aromatic heterocycles. The van der Waals surface area contributed by atoms with E-state index >= 15 is 0 Å². The van der Waals surface area contributed by atoms with Crippen LogP contribution in [0.4, 0.5) is 5.69 Å². The Balaban J connectivity index is 1.90. The van der Waals surface area contributed by atoms with Crippen molar-refractivity contribution in [2.75, 3.05) is 0 Å². The molecular weight excluding hydrogens is 368 g/mol. The number of aryl methyl sites for hydroxylation is 3. The highest BCUT2D eigenvalue weighted by Gasteiger charge is 2.21. The lowest BCUT2D eigenvalue weighted by molar-refractivity contribution is -0.387. The molecule has 138 valence electrons. The van der Waals surface area contributed by atoms with Crippen LogP contribution in [0.25, 0.3) is 0 Å². The standard InChI is InChI=1S/C18H16N4O4S/c1-11-5-4-6-12(2)16(11)26-17(23)13-7-8-15(14(9-13)22(24)25)27-18-20-19-10-21(18)3/h4-10H,1-3H3. The number of nitro groups is 1. The lowest BCUT2D eigenvalue weighted by Gasteiger charge is -2.10. The van der Waals surface area contributed by atoms with Gasteiger partial charge in [-0.05, 0) is 48.9 Å². The monoisotopic (exact) mass is 384 g/mol. The van der Waals surface area contributed by atoms with E-state index in [-0.39, 0.29) is 11.3 Å². The number of ether oxygens (including phenoxy) is 1. The van der Waals surface area contributed by atoms with Gasteiger partial charge in [-0.15, -0.1) is 10.2 Å². The van der Waals surface area contributed by atoms with E-state index in [1.807, 2.05) is 32.0 Å². The molecule has 0 atom stereocenters. The largest absolute Gasteiger partial charge is 0.422 e. The van der Waals surface area contributed by atoms with Crippen molar-refractivity contribution in [1.29, 1.82) is 0 Å². The first-order valence-corrected chi connectivity index (χ1v) is 8.77. The van der Waals surface area contributed by atoms with E-state index in [0.717, 1.165) is 22.9 Å². The molecule has 3 rings (SSSR count). The Morgan fingerprint density at radius 2 is 1.93 bits per heavy atom. The Bertz CT molecular complexity index is 1010. The summed E-state index contributed by atoms with van der Waals surface area (Å²) in [6.45, 7) is 3.66. The van der Waals surface area contributed by atoms with E-state index in [4.69, 9.17) is 4.74 Å². The number of para-hydroxylation sites is 1. The van der Waals surface area contributed by atoms with Gasteiger partial charge >= 0.3 is 5.97 Å². The molecular formula is C18H16N4O4S. The van der Waals surface area contributed by atoms with E-state index in [1.54, 1.807) is 11.6 Å². The summed E-state index contributed by atoms with van der Waals surface area (Å²) in [6, 6.07) is 9.76. The van der Waals surface area contributed by atoms with Crippen molar-refractivity contribution in [3.63, 3.8) is 0 Å². The van der Waals surface area contributed by atoms with Crippen LogP contribution in [0, 0.1) is 24.0 Å². The number of aromatic nitrogens is 3. The van der Waals surface area contributed by atoms with Gasteiger partial charge in [0.05, 0.1) is 15.4 Å². The number of nitro benzene ring substituents is 1. The zero-order valence-electron chi connectivity index (χ0n) is 14.9. The zero-order valence-corrected chi connectivity index (χ0v) is 15.7. The molecule has 0 fully saturated rings. The van der Waals surface area contributed by atoms with Gasteiger partial charge in [0.2, 0.25) is 0 Å². The predicted molar refractivity (Wildman–Crippen MR) is 99.1 cm³/mol. The maximum absolute atomic E-state index is 12.5. The molecule has 3 aromatic rings. The molecule has 0 saturated carbocycles. The molecule has 9 heteroatoms. The van der Waals surface area contributed by atoms with Gasteiger partial charge in [-0.2, -0.15) is 0 Å². The molecule has 0 saturated heterocycles. The van der Waals surface area contributed by atoms with Crippen molar-refractivity contribution in [3.05, 3.63) is 69.5 Å². The Labute approximate surface area is 159 Å². The van der Waals surface area contributed by atoms with Crippen LogP contribution in [-0.2, 0) is 7.05 Å². The van der Waals surface area contributed by atoms with Crippen molar-refractivity contribution in [2.24, 2.45) is 7.05 Å². The summed E-state index contributed by atoms with van der Waals surface area (Å²) >= 11 is 1.10. The number of hydrogen-bond acceptors (Lipinski definition) is 7. The third-order valence-corrected chi connectivity index (χ3v) is 4.98. The number of benzene rings is 2. The van der Waals surface area contributed by atoms with E-state index < -0.39 is 10.9 Å². The van der Waals surface area contributed by atoms with E-state index in [9.17, 15) is 14.9 Å². The van der Waals surface area contributed by atoms with Crippen molar-refractivity contribution < 1.29 is 14.5 Å². The highest BCUT2D eigenvalue weighted by atomic mass is 32.2. The molecule has 2 aromatic carbocycles. The van der Waals surface area contributed by atoms with Crippen molar-refractivity contribution in [2.45, 2.75) is 23.9 Å². The normalized spacial score (nSPS) is 10.6. The van der Waals surface area contributed by atoms with Gasteiger partial charge in [0.1, 0.15) is 12.1 Å². The number of rotatable bonds is 5. The first-order chi connectivity index (χ1) is 12.9. The number of nitrogens with zero attached hydrogens (tertiary/aromatic N) is 4. The minimum Gasteiger partial charge on any atom is -0.422 e. The predicted octanol–water partition coefficient (Wildman–Crippen LogP) is 3.71. The number of carbonyl (C=O) groups excluding carboxylic acids is 1. The second-order valence-corrected chi connectivity index (χ2v) is 6.89. The molecule has 0 spiro atoms. The van der Waals surface area contributed by atoms with Gasteiger partial charge in [-0.25, -0.2) is 4.79 Å². The molecule has 0 radical (unpaired) electrons. The summed E-state index contributed by atoms with van der Waals surface area (Å²) in [5.41, 5.74) is 1.53. The third-order valence-electron chi connectivity index (χ3n) is 3.87. The molecule has 0 N–H and O–H groups in total. The lowest BCUT2D eigenvalue weighted by Crippen LogP contribution is -2.11. The summed E-state index contributed by atoms with van der Waals surface area (Å²) in [7, 11) is 1.74. The highest BCUT2D eigenvalue weighted by molar-refractivity contribution is 7.99. The summed E-state index contributed by atoms with van der Waals surface area (Å²) in [5.74, 6) is -0.187. The fourth-order valence-electron chi connectivity index (χ4n) is 2.45. The van der Waals surface area contributed by atoms with Crippen LogP contribution < -0.4 is 4.74 Å². The average Bonchev–Trinajstić information content (AvgIpc) is 3.03. The van der Waals surface area contributed by atoms with Crippen LogP contribution >= 0.6 is 11.8 Å². The van der Waals surface area contributed by atoms with Crippen LogP contribution in [0.15, 0.2) is 52.8 Å². The van der Waals surface area contributed by atoms with Gasteiger partial charge in [0, 0.05) is 13.1 Å². The van der Waals surface area contributed by atoms with E-state index in [0.29, 0.717) is 15.8 Å². The van der Waals surface area contributed by atoms with Crippen molar-refractivity contribution in [1.82, 2.24) is 14.8 Å². The van der Waals surface area contributed by atoms with Crippen LogP contribution in [-0.4, -0.2) is 25.7 Å². The second-order valence-electron chi connectivity index (χ2n) is 5.88. The number of carbonyl (C=O) groups is 1. The Hall–Kier alpha value is -3.20. The topological polar surface area (TPSA) is 100 Å². The summed E-state index contributed by atoms with van der Waals surface area (Å²) in [6.07, 6.45) is 1.50. The molecule has 0 aliphatic rings. The first-order valence-electron chi connectivity index (χ1n) is 7.95. The molecule has 1 heterocycles. The van der Waals surface area contributed by atoms with Crippen LogP contribution in [0.2, 0.25) is 0 Å². The number of esters is 1. The SMILES string of the molecule is Cc1cccc(C)c1OC(=O)c1ccc(Sc2nncn2C)c([N+](=O)[O-])c1. The summed E-state index contributed by atoms with van der Waals surface area (Å²) in [4.78, 5) is 23.8. The molecule has 27 heavy (non-hydrogen) atoms. The fourth-order valence-corrected chi connectivity index (χ4v) is 3.30. The first kappa shape index (κ1) is 18.6. The van der Waals surface area contributed by atoms with Crippen LogP contribution in [0.3, 0.4) is 0 Å². The van der Waals surface area contributed by atoms with Crippen molar-refractivity contribution >= 4 is 23.4 Å². The fraction of sp³-hybridized carbons (Fsp3) is 0.167. The minimum atomic E-state index is -0.647. The van der Waals surface area contributed by atoms with Crippen LogP contribution in [0.5, 0.6) is 5.75 Å². The summed E-state index contributed by atoms with van der Waals surface area (Å²) < 4.78 is 7.12. The Morgan fingerprint density at radius 3 is 2.52 bits per heavy atom. The molecule has 0 amide bonds. The Kier molecular flexibility index (Phi) is 5.22. The number of hydrogen-bond donors (Lipinski definition) is 0. The molecule has 0 aliphatic carbocycles. The Morgan fingerprint density at radius 1 is 1.22 bits per heavy atom. The van der Waals surface area contributed by atoms with Gasteiger partial charge < -0.3 is 9.30 Å². The van der Waals surface area contributed by atoms with Crippen molar-refractivity contribution in [3.8, 4) is 5.75 Å². The quantitative estimate of drug-likeness (QED) is 0.286. The maximum Gasteiger partial charge on any atom is 0.343 e. The van der Waals surface area contributed by atoms with Gasteiger partial charge in [0.25, 0.3) is 5.69 Å². The molecule has 0 bridgehead atoms. The summed E-state index contributed by atoms with van der Waals surface area (Å²) in [5, 5.41) is 19.6. The second kappa shape index (κ2) is 7.58. The van der Waals surface area contributed by atoms with Gasteiger partial charge in [0.15, 0.2) is 5.16 Å². The van der Waals surface area contributed by atoms with Crippen LogP contribution in [0.1, 0.15) is 21.5 Å². The zero-order chi connectivity index (χ0) is 19.6. The highest BCUT2D eigenvalue weighted by Crippen LogP contribution is 2.34. The minimum absolute atomic E-state index is 0.103. The maximum atomic E-state index is 12.5. The van der Waals surface area contributed by atoms with E-state index in [2.05, 4.69) is 10.2 Å². The third kappa shape index (κ3) is 3.98. The molecule has 0 aliphatic heterocycles. The van der Waals surface area contributed by atoms with E-state index in [1.165, 1.54) is 24.5 Å². The molecule has 8 nitrogen and oxygen atoms in total. The van der Waals surface area contributed by atoms with Gasteiger partial charge in [-0.1, -0.05) is 18.2 Å². The lowest BCUT2D eigenvalue weighted by atomic mass is 10.1. The smallest absolute Gasteiger partial charge is 0.343 e.